The highest BCUT2D eigenvalue weighted by atomic mass is 16.3. The zero-order valence-electron chi connectivity index (χ0n) is 15.0. The highest BCUT2D eigenvalue weighted by Crippen LogP contribution is 2.13. The van der Waals surface area contributed by atoms with Crippen molar-refractivity contribution >= 4 is 11.7 Å². The van der Waals surface area contributed by atoms with Crippen LogP contribution in [-0.2, 0) is 19.4 Å². The van der Waals surface area contributed by atoms with Gasteiger partial charge in [0.1, 0.15) is 5.76 Å². The SMILES string of the molecule is CCc1ccc(NC(=O)N(CCc2ccccc2)Cc2ccco2)cc1. The van der Waals surface area contributed by atoms with Gasteiger partial charge in [0.15, 0.2) is 0 Å². The molecule has 0 unspecified atom stereocenters. The Hall–Kier alpha value is -3.01. The van der Waals surface area contributed by atoms with Gasteiger partial charge in [-0.2, -0.15) is 0 Å². The smallest absolute Gasteiger partial charge is 0.322 e. The van der Waals surface area contributed by atoms with E-state index >= 15 is 0 Å². The van der Waals surface area contributed by atoms with Crippen LogP contribution in [0.5, 0.6) is 0 Å². The van der Waals surface area contributed by atoms with Crippen molar-refractivity contribution in [3.63, 3.8) is 0 Å². The molecule has 1 N–H and O–H groups in total. The van der Waals surface area contributed by atoms with Crippen molar-refractivity contribution in [1.82, 2.24) is 4.90 Å². The first kappa shape index (κ1) is 17.8. The Kier molecular flexibility index (Phi) is 6.09. The molecule has 134 valence electrons. The second-order valence-corrected chi connectivity index (χ2v) is 6.22. The van der Waals surface area contributed by atoms with Crippen molar-refractivity contribution in [1.29, 1.82) is 0 Å². The normalized spacial score (nSPS) is 10.5. The molecule has 0 saturated carbocycles. The summed E-state index contributed by atoms with van der Waals surface area (Å²) in [5.74, 6) is 0.773. The van der Waals surface area contributed by atoms with Crippen LogP contribution in [0.15, 0.2) is 77.4 Å². The van der Waals surface area contributed by atoms with Crippen molar-refractivity contribution in [2.45, 2.75) is 26.3 Å². The number of urea groups is 1. The Labute approximate surface area is 154 Å². The van der Waals surface area contributed by atoms with Gasteiger partial charge in [-0.3, -0.25) is 0 Å². The Morgan fingerprint density at radius 3 is 2.38 bits per heavy atom. The summed E-state index contributed by atoms with van der Waals surface area (Å²) in [6, 6.07) is 21.7. The van der Waals surface area contributed by atoms with Crippen LogP contribution in [0.4, 0.5) is 10.5 Å². The summed E-state index contributed by atoms with van der Waals surface area (Å²) in [6.07, 6.45) is 3.41. The lowest BCUT2D eigenvalue weighted by atomic mass is 10.1. The second-order valence-electron chi connectivity index (χ2n) is 6.22. The number of amides is 2. The average molecular weight is 348 g/mol. The average Bonchev–Trinajstić information content (AvgIpc) is 3.19. The molecule has 4 nitrogen and oxygen atoms in total. The van der Waals surface area contributed by atoms with Gasteiger partial charge in [0, 0.05) is 12.2 Å². The Balaban J connectivity index is 1.67. The van der Waals surface area contributed by atoms with E-state index < -0.39 is 0 Å². The van der Waals surface area contributed by atoms with E-state index in [1.54, 1.807) is 11.2 Å². The first-order chi connectivity index (χ1) is 12.7. The highest BCUT2D eigenvalue weighted by molar-refractivity contribution is 5.89. The number of carbonyl (C=O) groups excluding carboxylic acids is 1. The topological polar surface area (TPSA) is 45.5 Å². The van der Waals surface area contributed by atoms with Crippen LogP contribution < -0.4 is 5.32 Å². The fourth-order valence-electron chi connectivity index (χ4n) is 2.78. The fraction of sp³-hybridized carbons (Fsp3) is 0.227. The number of nitrogens with zero attached hydrogens (tertiary/aromatic N) is 1. The molecule has 0 aliphatic heterocycles. The maximum absolute atomic E-state index is 12.8. The first-order valence-corrected chi connectivity index (χ1v) is 8.96. The molecule has 2 aromatic carbocycles. The molecule has 4 heteroatoms. The minimum atomic E-state index is -0.124. The van der Waals surface area contributed by atoms with Gasteiger partial charge in [-0.15, -0.1) is 0 Å². The van der Waals surface area contributed by atoms with Crippen LogP contribution in [-0.4, -0.2) is 17.5 Å². The molecule has 0 radical (unpaired) electrons. The second kappa shape index (κ2) is 8.90. The largest absolute Gasteiger partial charge is 0.467 e. The van der Waals surface area contributed by atoms with E-state index in [9.17, 15) is 4.79 Å². The summed E-state index contributed by atoms with van der Waals surface area (Å²) in [6.45, 7) is 3.17. The molecule has 3 rings (SSSR count). The predicted octanol–water partition coefficient (Wildman–Crippen LogP) is 5.12. The monoisotopic (exact) mass is 348 g/mol. The molecule has 0 fully saturated rings. The van der Waals surface area contributed by atoms with Gasteiger partial charge >= 0.3 is 6.03 Å². The number of hydrogen-bond donors (Lipinski definition) is 1. The van der Waals surface area contributed by atoms with Crippen molar-refractivity contribution in [3.05, 3.63) is 89.9 Å². The summed E-state index contributed by atoms with van der Waals surface area (Å²) in [4.78, 5) is 14.6. The number of hydrogen-bond acceptors (Lipinski definition) is 2. The third kappa shape index (κ3) is 4.99. The molecule has 0 aliphatic carbocycles. The van der Waals surface area contributed by atoms with E-state index in [0.29, 0.717) is 13.1 Å². The molecule has 1 aromatic heterocycles. The number of carbonyl (C=O) groups is 1. The summed E-state index contributed by atoms with van der Waals surface area (Å²) in [5, 5.41) is 2.99. The minimum Gasteiger partial charge on any atom is -0.467 e. The van der Waals surface area contributed by atoms with Crippen LogP contribution >= 0.6 is 0 Å². The zero-order chi connectivity index (χ0) is 18.2. The molecule has 0 saturated heterocycles. The third-order valence-corrected chi connectivity index (χ3v) is 4.34. The Morgan fingerprint density at radius 1 is 0.962 bits per heavy atom. The standard InChI is InChI=1S/C22H24N2O2/c1-2-18-10-12-20(13-11-18)23-22(25)24(17-21-9-6-16-26-21)15-14-19-7-4-3-5-8-19/h3-13,16H,2,14-15,17H2,1H3,(H,23,25). The zero-order valence-corrected chi connectivity index (χ0v) is 15.0. The van der Waals surface area contributed by atoms with Crippen molar-refractivity contribution in [2.24, 2.45) is 0 Å². The maximum Gasteiger partial charge on any atom is 0.322 e. The van der Waals surface area contributed by atoms with Crippen LogP contribution in [0.25, 0.3) is 0 Å². The van der Waals surface area contributed by atoms with Gasteiger partial charge in [-0.25, -0.2) is 4.79 Å². The van der Waals surface area contributed by atoms with Crippen molar-refractivity contribution in [3.8, 4) is 0 Å². The lowest BCUT2D eigenvalue weighted by Gasteiger charge is -2.22. The fourth-order valence-corrected chi connectivity index (χ4v) is 2.78. The van der Waals surface area contributed by atoms with Crippen LogP contribution in [0, 0.1) is 0 Å². The number of anilines is 1. The van der Waals surface area contributed by atoms with E-state index in [4.69, 9.17) is 4.42 Å². The number of benzene rings is 2. The van der Waals surface area contributed by atoms with E-state index in [1.807, 2.05) is 54.6 Å². The van der Waals surface area contributed by atoms with Gasteiger partial charge in [0.2, 0.25) is 0 Å². The highest BCUT2D eigenvalue weighted by Gasteiger charge is 2.15. The Morgan fingerprint density at radius 2 is 1.73 bits per heavy atom. The molecular formula is C22H24N2O2. The molecule has 26 heavy (non-hydrogen) atoms. The number of nitrogens with one attached hydrogen (secondary N) is 1. The van der Waals surface area contributed by atoms with E-state index in [1.165, 1.54) is 11.1 Å². The molecule has 1 heterocycles. The van der Waals surface area contributed by atoms with E-state index in [0.717, 1.165) is 24.3 Å². The third-order valence-electron chi connectivity index (χ3n) is 4.34. The number of aryl methyl sites for hydroxylation is 1. The summed E-state index contributed by atoms with van der Waals surface area (Å²) in [5.41, 5.74) is 3.26. The summed E-state index contributed by atoms with van der Waals surface area (Å²) < 4.78 is 5.43. The predicted molar refractivity (Wildman–Crippen MR) is 104 cm³/mol. The van der Waals surface area contributed by atoms with Gasteiger partial charge in [0.25, 0.3) is 0 Å². The quantitative estimate of drug-likeness (QED) is 0.644. The summed E-state index contributed by atoms with van der Waals surface area (Å²) >= 11 is 0. The first-order valence-electron chi connectivity index (χ1n) is 8.96. The molecule has 0 spiro atoms. The van der Waals surface area contributed by atoms with Gasteiger partial charge in [0.05, 0.1) is 12.8 Å². The maximum atomic E-state index is 12.8. The van der Waals surface area contributed by atoms with Crippen molar-refractivity contribution < 1.29 is 9.21 Å². The molecule has 0 bridgehead atoms. The van der Waals surface area contributed by atoms with Crippen LogP contribution in [0.1, 0.15) is 23.8 Å². The van der Waals surface area contributed by atoms with Crippen LogP contribution in [0.3, 0.4) is 0 Å². The van der Waals surface area contributed by atoms with Gasteiger partial charge in [-0.05, 0) is 48.2 Å². The lowest BCUT2D eigenvalue weighted by Crippen LogP contribution is -2.36. The molecule has 2 amide bonds. The van der Waals surface area contributed by atoms with E-state index in [-0.39, 0.29) is 6.03 Å². The van der Waals surface area contributed by atoms with E-state index in [2.05, 4.69) is 24.4 Å². The Bertz CT molecular complexity index is 796. The van der Waals surface area contributed by atoms with Crippen molar-refractivity contribution in [2.75, 3.05) is 11.9 Å². The minimum absolute atomic E-state index is 0.124. The molecule has 0 atom stereocenters. The number of rotatable bonds is 7. The number of furan rings is 1. The van der Waals surface area contributed by atoms with Gasteiger partial charge in [-0.1, -0.05) is 49.4 Å². The molecule has 0 aliphatic rings. The van der Waals surface area contributed by atoms with Crippen LogP contribution in [0.2, 0.25) is 0 Å². The molecule has 3 aromatic rings. The van der Waals surface area contributed by atoms with Gasteiger partial charge < -0.3 is 14.6 Å². The summed E-state index contributed by atoms with van der Waals surface area (Å²) in [7, 11) is 0. The lowest BCUT2D eigenvalue weighted by molar-refractivity contribution is 0.205. The molecular weight excluding hydrogens is 324 g/mol.